The van der Waals surface area contributed by atoms with Gasteiger partial charge in [0.1, 0.15) is 11.5 Å². The second kappa shape index (κ2) is 10.2. The van der Waals surface area contributed by atoms with E-state index < -0.39 is 17.7 Å². The fraction of sp³-hybridized carbons (Fsp3) is 0.214. The summed E-state index contributed by atoms with van der Waals surface area (Å²) in [6.07, 6.45) is 0.841. The van der Waals surface area contributed by atoms with Gasteiger partial charge >= 0.3 is 0 Å². The summed E-state index contributed by atoms with van der Waals surface area (Å²) in [4.78, 5) is 30.0. The molecule has 6 nitrogen and oxygen atoms in total. The number of halogens is 1. The Morgan fingerprint density at radius 2 is 1.71 bits per heavy atom. The van der Waals surface area contributed by atoms with E-state index in [4.69, 9.17) is 16.3 Å². The molecule has 7 heteroatoms. The molecular weight excluding hydrogens is 464 g/mol. The summed E-state index contributed by atoms with van der Waals surface area (Å²) in [6, 6.07) is 20.3. The summed E-state index contributed by atoms with van der Waals surface area (Å²) in [7, 11) is 3.87. The number of aliphatic hydroxyl groups is 1. The number of carbonyl (C=O) groups is 2. The number of Topliss-reactive ketones (excluding diaryl/α,β-unsaturated/α-hetero) is 1. The van der Waals surface area contributed by atoms with Gasteiger partial charge in [0, 0.05) is 42.1 Å². The summed E-state index contributed by atoms with van der Waals surface area (Å²) in [6.45, 7) is 2.55. The van der Waals surface area contributed by atoms with Crippen molar-refractivity contribution in [2.24, 2.45) is 0 Å². The van der Waals surface area contributed by atoms with Gasteiger partial charge in [-0.3, -0.25) is 14.5 Å². The quantitative estimate of drug-likeness (QED) is 0.257. The van der Waals surface area contributed by atoms with E-state index in [1.54, 1.807) is 42.5 Å². The highest BCUT2D eigenvalue weighted by molar-refractivity contribution is 6.51. The number of anilines is 2. The van der Waals surface area contributed by atoms with Crippen LogP contribution in [0, 0.1) is 0 Å². The standard InChI is InChI=1S/C28H27ClN2O4/c1-4-16-35-23-7-5-6-22(17-23)31-25(18-10-14-21(15-11-18)30(2)3)24(27(33)28(31)34)26(32)19-8-12-20(29)13-9-19/h5-15,17,25,32H,4,16H2,1-3H3/b26-24+. The van der Waals surface area contributed by atoms with E-state index in [0.29, 0.717) is 34.2 Å². The Hall–Kier alpha value is -3.77. The van der Waals surface area contributed by atoms with E-state index >= 15 is 0 Å². The summed E-state index contributed by atoms with van der Waals surface area (Å²) in [5.74, 6) is -1.11. The first kappa shape index (κ1) is 24.4. The van der Waals surface area contributed by atoms with Gasteiger partial charge < -0.3 is 14.7 Å². The number of aliphatic hydroxyl groups excluding tert-OH is 1. The van der Waals surface area contributed by atoms with Gasteiger partial charge in [-0.05, 0) is 60.5 Å². The molecule has 4 rings (SSSR count). The second-order valence-electron chi connectivity index (χ2n) is 8.51. The van der Waals surface area contributed by atoms with Crippen LogP contribution in [-0.4, -0.2) is 37.5 Å². The first-order valence-electron chi connectivity index (χ1n) is 11.4. The zero-order valence-corrected chi connectivity index (χ0v) is 20.6. The number of benzene rings is 3. The maximum atomic E-state index is 13.4. The van der Waals surface area contributed by atoms with Crippen LogP contribution >= 0.6 is 11.6 Å². The SMILES string of the molecule is CCCOc1cccc(N2C(=O)C(=O)/C(=C(/O)c3ccc(Cl)cc3)C2c2ccc(N(C)C)cc2)c1. The number of ether oxygens (including phenoxy) is 1. The predicted octanol–water partition coefficient (Wildman–Crippen LogP) is 5.82. The number of hydrogen-bond donors (Lipinski definition) is 1. The lowest BCUT2D eigenvalue weighted by Crippen LogP contribution is -2.29. The molecule has 0 aromatic heterocycles. The molecule has 0 saturated carbocycles. The third-order valence-electron chi connectivity index (χ3n) is 5.86. The fourth-order valence-electron chi connectivity index (χ4n) is 4.08. The molecular formula is C28H27ClN2O4. The number of ketones is 1. The molecule has 1 saturated heterocycles. The maximum absolute atomic E-state index is 13.4. The molecule has 0 aliphatic carbocycles. The van der Waals surface area contributed by atoms with E-state index in [2.05, 4.69) is 0 Å². The second-order valence-corrected chi connectivity index (χ2v) is 8.94. The average Bonchev–Trinajstić information content (AvgIpc) is 3.13. The van der Waals surface area contributed by atoms with Gasteiger partial charge in [-0.15, -0.1) is 0 Å². The summed E-state index contributed by atoms with van der Waals surface area (Å²) in [5.41, 5.74) is 2.61. The van der Waals surface area contributed by atoms with Gasteiger partial charge in [0.15, 0.2) is 0 Å². The van der Waals surface area contributed by atoms with Crippen molar-refractivity contribution < 1.29 is 19.4 Å². The molecule has 1 N–H and O–H groups in total. The Morgan fingerprint density at radius 1 is 1.03 bits per heavy atom. The number of carbonyl (C=O) groups excluding carboxylic acids is 2. The lowest BCUT2D eigenvalue weighted by molar-refractivity contribution is -0.132. The number of hydrogen-bond acceptors (Lipinski definition) is 5. The highest BCUT2D eigenvalue weighted by Gasteiger charge is 2.47. The van der Waals surface area contributed by atoms with Gasteiger partial charge in [-0.2, -0.15) is 0 Å². The summed E-state index contributed by atoms with van der Waals surface area (Å²) < 4.78 is 5.75. The van der Waals surface area contributed by atoms with Crippen LogP contribution in [0.2, 0.25) is 5.02 Å². The van der Waals surface area contributed by atoms with E-state index in [1.807, 2.05) is 56.3 Å². The van der Waals surface area contributed by atoms with Crippen LogP contribution in [0.5, 0.6) is 5.75 Å². The molecule has 3 aromatic carbocycles. The lowest BCUT2D eigenvalue weighted by atomic mass is 9.95. The highest BCUT2D eigenvalue weighted by Crippen LogP contribution is 2.43. The number of amides is 1. The van der Waals surface area contributed by atoms with Crippen molar-refractivity contribution in [3.8, 4) is 5.75 Å². The molecule has 180 valence electrons. The van der Waals surface area contributed by atoms with E-state index in [-0.39, 0.29) is 11.3 Å². The molecule has 1 fully saturated rings. The fourth-order valence-corrected chi connectivity index (χ4v) is 4.20. The molecule has 1 atom stereocenters. The molecule has 1 aliphatic rings. The van der Waals surface area contributed by atoms with Gasteiger partial charge in [-0.1, -0.05) is 36.7 Å². The Kier molecular flexibility index (Phi) is 7.12. The summed E-state index contributed by atoms with van der Waals surface area (Å²) >= 11 is 6.00. The van der Waals surface area contributed by atoms with Crippen LogP contribution < -0.4 is 14.5 Å². The van der Waals surface area contributed by atoms with Crippen molar-refractivity contribution in [2.45, 2.75) is 19.4 Å². The molecule has 0 spiro atoms. The minimum Gasteiger partial charge on any atom is -0.507 e. The van der Waals surface area contributed by atoms with Crippen molar-refractivity contribution in [3.63, 3.8) is 0 Å². The molecule has 0 bridgehead atoms. The molecule has 0 radical (unpaired) electrons. The Bertz CT molecular complexity index is 1270. The van der Waals surface area contributed by atoms with Gasteiger partial charge in [0.05, 0.1) is 18.2 Å². The van der Waals surface area contributed by atoms with Crippen molar-refractivity contribution in [1.82, 2.24) is 0 Å². The maximum Gasteiger partial charge on any atom is 0.300 e. The van der Waals surface area contributed by atoms with Crippen molar-refractivity contribution >= 4 is 40.4 Å². The summed E-state index contributed by atoms with van der Waals surface area (Å²) in [5, 5.41) is 11.7. The number of rotatable bonds is 7. The monoisotopic (exact) mass is 490 g/mol. The highest BCUT2D eigenvalue weighted by atomic mass is 35.5. The zero-order chi connectivity index (χ0) is 25.1. The first-order chi connectivity index (χ1) is 16.8. The minimum absolute atomic E-state index is 0.0230. The van der Waals surface area contributed by atoms with Crippen LogP contribution in [-0.2, 0) is 9.59 Å². The van der Waals surface area contributed by atoms with E-state index in [1.165, 1.54) is 4.90 Å². The van der Waals surface area contributed by atoms with Gasteiger partial charge in [-0.25, -0.2) is 0 Å². The molecule has 1 amide bonds. The largest absolute Gasteiger partial charge is 0.507 e. The third kappa shape index (κ3) is 4.88. The van der Waals surface area contributed by atoms with Crippen molar-refractivity contribution in [2.75, 3.05) is 30.5 Å². The van der Waals surface area contributed by atoms with E-state index in [9.17, 15) is 14.7 Å². The molecule has 1 unspecified atom stereocenters. The topological polar surface area (TPSA) is 70.1 Å². The van der Waals surface area contributed by atoms with Crippen LogP contribution in [0.4, 0.5) is 11.4 Å². The molecule has 1 heterocycles. The Balaban J connectivity index is 1.88. The Morgan fingerprint density at radius 3 is 2.34 bits per heavy atom. The third-order valence-corrected chi connectivity index (χ3v) is 6.11. The van der Waals surface area contributed by atoms with Crippen LogP contribution in [0.25, 0.3) is 5.76 Å². The van der Waals surface area contributed by atoms with Crippen LogP contribution in [0.1, 0.15) is 30.5 Å². The lowest BCUT2D eigenvalue weighted by Gasteiger charge is -2.26. The van der Waals surface area contributed by atoms with Crippen LogP contribution in [0.15, 0.2) is 78.4 Å². The van der Waals surface area contributed by atoms with Crippen molar-refractivity contribution in [3.05, 3.63) is 94.5 Å². The van der Waals surface area contributed by atoms with Crippen molar-refractivity contribution in [1.29, 1.82) is 0 Å². The Labute approximate surface area is 210 Å². The average molecular weight is 491 g/mol. The van der Waals surface area contributed by atoms with Gasteiger partial charge in [0.2, 0.25) is 0 Å². The molecule has 1 aliphatic heterocycles. The zero-order valence-electron chi connectivity index (χ0n) is 19.9. The van der Waals surface area contributed by atoms with Crippen LogP contribution in [0.3, 0.4) is 0 Å². The van der Waals surface area contributed by atoms with Gasteiger partial charge in [0.25, 0.3) is 11.7 Å². The minimum atomic E-state index is -0.816. The number of nitrogens with zero attached hydrogens (tertiary/aromatic N) is 2. The molecule has 35 heavy (non-hydrogen) atoms. The predicted molar refractivity (Wildman–Crippen MR) is 139 cm³/mol. The smallest absolute Gasteiger partial charge is 0.300 e. The first-order valence-corrected chi connectivity index (χ1v) is 11.8. The molecule has 3 aromatic rings. The normalized spacial score (nSPS) is 17.0. The van der Waals surface area contributed by atoms with E-state index in [0.717, 1.165) is 12.1 Å².